The number of nitrogen functional groups attached to an aromatic ring is 1. The lowest BCUT2D eigenvalue weighted by molar-refractivity contribution is -0.0872. The van der Waals surface area contributed by atoms with Crippen molar-refractivity contribution in [2.45, 2.75) is 75.2 Å². The minimum absolute atomic E-state index is 0.0480. The summed E-state index contributed by atoms with van der Waals surface area (Å²) in [4.78, 5) is 17.3. The van der Waals surface area contributed by atoms with Crippen molar-refractivity contribution in [1.82, 2.24) is 19.5 Å². The molecule has 32 heavy (non-hydrogen) atoms. The number of phosphoric ester groups is 1. The van der Waals surface area contributed by atoms with Gasteiger partial charge >= 0.3 is 7.82 Å². The monoisotopic (exact) mass is 464 g/mol. The van der Waals surface area contributed by atoms with Crippen LogP contribution in [0.5, 0.6) is 5.88 Å². The van der Waals surface area contributed by atoms with Crippen LogP contribution in [0.1, 0.15) is 45.8 Å². The highest BCUT2D eigenvalue weighted by Gasteiger charge is 2.80. The van der Waals surface area contributed by atoms with Crippen molar-refractivity contribution >= 4 is 31.7 Å². The van der Waals surface area contributed by atoms with Crippen LogP contribution in [0.25, 0.3) is 11.2 Å². The van der Waals surface area contributed by atoms with Crippen molar-refractivity contribution in [3.8, 4) is 5.88 Å². The van der Waals surface area contributed by atoms with Crippen LogP contribution in [-0.4, -0.2) is 62.3 Å². The Bertz CT molecular complexity index is 1150. The Kier molecular flexibility index (Phi) is 4.29. The fourth-order valence-electron chi connectivity index (χ4n) is 4.80. The van der Waals surface area contributed by atoms with E-state index in [0.717, 1.165) is 19.3 Å². The number of fused-ring (bicyclic) bond motifs is 1. The zero-order chi connectivity index (χ0) is 22.3. The molecule has 0 amide bonds. The second-order valence-corrected chi connectivity index (χ2v) is 10.4. The summed E-state index contributed by atoms with van der Waals surface area (Å²) >= 11 is 0. The summed E-state index contributed by atoms with van der Waals surface area (Å²) in [5.74, 6) is 0.338. The lowest BCUT2D eigenvalue weighted by Gasteiger charge is -2.37. The van der Waals surface area contributed by atoms with Gasteiger partial charge in [-0.3, -0.25) is 23.1 Å². The molecule has 2 saturated heterocycles. The van der Waals surface area contributed by atoms with Crippen LogP contribution in [0.15, 0.2) is 11.3 Å². The minimum Gasteiger partial charge on any atom is -0.476 e. The number of nitrogens with two attached hydrogens (primary N) is 1. The van der Waals surface area contributed by atoms with Gasteiger partial charge in [0.05, 0.1) is 19.0 Å². The fraction of sp³-hybridized carbons (Fsp3) is 0.684. The van der Waals surface area contributed by atoms with Crippen molar-refractivity contribution in [1.29, 1.82) is 0 Å². The molecule has 1 spiro atoms. The first-order chi connectivity index (χ1) is 15.3. The van der Waals surface area contributed by atoms with Gasteiger partial charge in [0.15, 0.2) is 17.4 Å². The van der Waals surface area contributed by atoms with Gasteiger partial charge in [-0.25, -0.2) is 9.55 Å². The predicted molar refractivity (Wildman–Crippen MR) is 112 cm³/mol. The van der Waals surface area contributed by atoms with Gasteiger partial charge in [-0.2, -0.15) is 9.97 Å². The molecule has 3 unspecified atom stereocenters. The zero-order valence-electron chi connectivity index (χ0n) is 17.8. The largest absolute Gasteiger partial charge is 0.476 e. The van der Waals surface area contributed by atoms with Crippen LogP contribution >= 0.6 is 7.82 Å². The van der Waals surface area contributed by atoms with Crippen LogP contribution in [-0.2, 0) is 22.9 Å². The highest BCUT2D eigenvalue weighted by molar-refractivity contribution is 7.48. The third-order valence-electron chi connectivity index (χ3n) is 6.80. The summed E-state index contributed by atoms with van der Waals surface area (Å²) in [5, 5.41) is 0. The third kappa shape index (κ3) is 2.73. The van der Waals surface area contributed by atoms with E-state index in [2.05, 4.69) is 26.7 Å². The number of imidazole rings is 1. The Labute approximate surface area is 184 Å². The maximum absolute atomic E-state index is 13.3. The van der Waals surface area contributed by atoms with E-state index in [9.17, 15) is 4.57 Å². The summed E-state index contributed by atoms with van der Waals surface area (Å²) in [6.07, 6.45) is 2.93. The van der Waals surface area contributed by atoms with E-state index < -0.39 is 37.4 Å². The summed E-state index contributed by atoms with van der Waals surface area (Å²) in [7, 11) is -3.75. The number of anilines is 1. The molecule has 6 rings (SSSR count). The molecule has 4 aliphatic rings. The average molecular weight is 464 g/mol. The molecule has 2 aliphatic heterocycles. The SMILES string of the molecule is C=N[C@]1(C)[C@@H]2OP(=O)(OC3CCC3)OC3CC32O[C@H]1n1cnc2c(OCC)nc(N)nc21. The fourth-order valence-corrected chi connectivity index (χ4v) is 6.74. The highest BCUT2D eigenvalue weighted by Crippen LogP contribution is 2.73. The van der Waals surface area contributed by atoms with Gasteiger partial charge in [0.25, 0.3) is 0 Å². The van der Waals surface area contributed by atoms with Crippen molar-refractivity contribution < 1.29 is 27.6 Å². The van der Waals surface area contributed by atoms with Crippen LogP contribution in [0.3, 0.4) is 0 Å². The molecule has 2 aliphatic carbocycles. The van der Waals surface area contributed by atoms with Crippen molar-refractivity contribution in [3.05, 3.63) is 6.33 Å². The van der Waals surface area contributed by atoms with Gasteiger partial charge in [-0.15, -0.1) is 0 Å². The molecule has 2 saturated carbocycles. The van der Waals surface area contributed by atoms with E-state index >= 15 is 0 Å². The molecular formula is C19H25N6O6P. The standard InChI is InChI=1S/C19H25N6O6P/c1-4-27-14-12-13(23-17(20)24-14)25(9-22-12)16-18(2,21-3)15-19(28-16)8-11(19)30-32(26,31-15)29-10-6-5-7-10/h9-11,15-16H,3-8H2,1-2H3,(H2,20,23,24)/t11?,15-,16+,18+,19?,32?/m0/s1. The summed E-state index contributed by atoms with van der Waals surface area (Å²) in [6, 6.07) is 0. The first kappa shape index (κ1) is 20.5. The lowest BCUT2D eigenvalue weighted by Crippen LogP contribution is -2.47. The normalized spacial score (nSPS) is 40.5. The number of nitrogens with zero attached hydrogens (tertiary/aromatic N) is 5. The second-order valence-electron chi connectivity index (χ2n) is 8.84. The maximum atomic E-state index is 13.3. The molecule has 12 nitrogen and oxygen atoms in total. The molecule has 2 N–H and O–H groups in total. The van der Waals surface area contributed by atoms with Gasteiger partial charge in [0.2, 0.25) is 11.8 Å². The molecule has 13 heteroatoms. The lowest BCUT2D eigenvalue weighted by atomic mass is 9.91. The Balaban J connectivity index is 1.40. The highest BCUT2D eigenvalue weighted by atomic mass is 31.2. The van der Waals surface area contributed by atoms with E-state index in [1.165, 1.54) is 0 Å². The maximum Gasteiger partial charge on any atom is 0.475 e. The van der Waals surface area contributed by atoms with Crippen LogP contribution in [0.2, 0.25) is 0 Å². The zero-order valence-corrected chi connectivity index (χ0v) is 18.7. The van der Waals surface area contributed by atoms with E-state index in [4.69, 9.17) is 28.8 Å². The molecule has 2 aromatic rings. The van der Waals surface area contributed by atoms with Gasteiger partial charge in [-0.05, 0) is 39.8 Å². The Morgan fingerprint density at radius 3 is 2.91 bits per heavy atom. The van der Waals surface area contributed by atoms with E-state index in [-0.39, 0.29) is 17.9 Å². The van der Waals surface area contributed by atoms with Gasteiger partial charge in [0, 0.05) is 6.42 Å². The average Bonchev–Trinajstić information content (AvgIpc) is 3.16. The number of aliphatic imine (C=N–C) groups is 1. The Hall–Kier alpha value is -2.11. The molecule has 172 valence electrons. The van der Waals surface area contributed by atoms with Gasteiger partial charge in [0.1, 0.15) is 23.3 Å². The van der Waals surface area contributed by atoms with Crippen LogP contribution in [0.4, 0.5) is 5.95 Å². The number of hydrogen-bond acceptors (Lipinski definition) is 11. The predicted octanol–water partition coefficient (Wildman–Crippen LogP) is 2.40. The number of aromatic nitrogens is 4. The van der Waals surface area contributed by atoms with Crippen molar-refractivity contribution in [2.75, 3.05) is 12.3 Å². The quantitative estimate of drug-likeness (QED) is 0.499. The topological polar surface area (TPSA) is 145 Å². The van der Waals surface area contributed by atoms with Crippen molar-refractivity contribution in [2.24, 2.45) is 4.99 Å². The van der Waals surface area contributed by atoms with Crippen LogP contribution < -0.4 is 10.5 Å². The number of phosphoric acid groups is 1. The molecule has 0 aromatic carbocycles. The molecule has 0 bridgehead atoms. The van der Waals surface area contributed by atoms with E-state index in [1.807, 2.05) is 13.8 Å². The van der Waals surface area contributed by atoms with E-state index in [0.29, 0.717) is 24.2 Å². The van der Waals surface area contributed by atoms with Gasteiger partial charge in [-0.1, -0.05) is 0 Å². The molecule has 6 atom stereocenters. The smallest absolute Gasteiger partial charge is 0.475 e. The molecule has 2 aromatic heterocycles. The molecule has 0 radical (unpaired) electrons. The second kappa shape index (κ2) is 6.71. The number of hydrogen-bond donors (Lipinski definition) is 1. The van der Waals surface area contributed by atoms with Crippen LogP contribution in [0, 0.1) is 0 Å². The molecule has 4 heterocycles. The summed E-state index contributed by atoms with van der Waals surface area (Å²) < 4.78 is 44.6. The van der Waals surface area contributed by atoms with Crippen molar-refractivity contribution in [3.63, 3.8) is 0 Å². The first-order valence-corrected chi connectivity index (χ1v) is 12.2. The summed E-state index contributed by atoms with van der Waals surface area (Å²) in [6.45, 7) is 7.89. The Morgan fingerprint density at radius 2 is 2.22 bits per heavy atom. The minimum atomic E-state index is -3.75. The van der Waals surface area contributed by atoms with E-state index in [1.54, 1.807) is 10.9 Å². The Morgan fingerprint density at radius 1 is 1.41 bits per heavy atom. The third-order valence-corrected chi connectivity index (χ3v) is 8.34. The van der Waals surface area contributed by atoms with Gasteiger partial charge < -0.3 is 15.2 Å². The number of ether oxygens (including phenoxy) is 2. The molecule has 4 fully saturated rings. The first-order valence-electron chi connectivity index (χ1n) is 10.8. The summed E-state index contributed by atoms with van der Waals surface area (Å²) in [5.41, 5.74) is 4.99. The number of rotatable bonds is 6. The molecular weight excluding hydrogens is 439 g/mol.